The Kier molecular flexibility index (Phi) is 5.61. The fraction of sp³-hybridized carbons (Fsp3) is 0.389. The molecule has 1 aromatic heterocycles. The molecule has 6 nitrogen and oxygen atoms in total. The van der Waals surface area contributed by atoms with Gasteiger partial charge in [-0.05, 0) is 36.3 Å². The number of allylic oxidation sites excluding steroid dienone is 2. The number of aromatic nitrogens is 3. The van der Waals surface area contributed by atoms with Gasteiger partial charge in [0.2, 0.25) is 0 Å². The predicted molar refractivity (Wildman–Crippen MR) is 92.3 cm³/mol. The van der Waals surface area contributed by atoms with E-state index in [1.54, 1.807) is 11.0 Å². The lowest BCUT2D eigenvalue weighted by atomic mass is 9.94. The Bertz CT molecular complexity index is 663. The quantitative estimate of drug-likeness (QED) is 0.802. The van der Waals surface area contributed by atoms with Gasteiger partial charge in [-0.15, -0.1) is 0 Å². The summed E-state index contributed by atoms with van der Waals surface area (Å²) in [6.07, 6.45) is 11.0. The third-order valence-electron chi connectivity index (χ3n) is 4.22. The van der Waals surface area contributed by atoms with E-state index in [0.717, 1.165) is 36.9 Å². The van der Waals surface area contributed by atoms with Crippen LogP contribution in [0.5, 0.6) is 0 Å². The van der Waals surface area contributed by atoms with Crippen LogP contribution in [0.3, 0.4) is 0 Å². The van der Waals surface area contributed by atoms with Gasteiger partial charge in [0.1, 0.15) is 12.7 Å². The average molecular weight is 325 g/mol. The highest BCUT2D eigenvalue weighted by molar-refractivity contribution is 5.73. The van der Waals surface area contributed by atoms with E-state index in [9.17, 15) is 4.79 Å². The van der Waals surface area contributed by atoms with E-state index in [-0.39, 0.29) is 6.03 Å². The van der Waals surface area contributed by atoms with Crippen molar-refractivity contribution in [3.05, 3.63) is 60.2 Å². The number of carbonyl (C=O) groups excluding carboxylic acids is 1. The van der Waals surface area contributed by atoms with Gasteiger partial charge in [-0.1, -0.05) is 36.4 Å². The Morgan fingerprint density at radius 1 is 1.17 bits per heavy atom. The normalized spacial score (nSPS) is 16.8. The smallest absolute Gasteiger partial charge is 0.315 e. The van der Waals surface area contributed by atoms with Crippen LogP contribution in [-0.4, -0.2) is 27.3 Å². The van der Waals surface area contributed by atoms with Crippen molar-refractivity contribution in [2.24, 2.45) is 5.92 Å². The van der Waals surface area contributed by atoms with E-state index in [4.69, 9.17) is 0 Å². The number of carbonyl (C=O) groups is 1. The number of rotatable bonds is 6. The zero-order chi connectivity index (χ0) is 16.6. The van der Waals surface area contributed by atoms with Crippen molar-refractivity contribution in [3.63, 3.8) is 0 Å². The Hall–Kier alpha value is -2.63. The molecule has 2 amide bonds. The molecule has 0 radical (unpaired) electrons. The number of urea groups is 1. The molecule has 0 spiro atoms. The minimum absolute atomic E-state index is 0.101. The number of nitrogens with zero attached hydrogens (tertiary/aromatic N) is 3. The first-order valence-electron chi connectivity index (χ1n) is 8.36. The monoisotopic (exact) mass is 325 g/mol. The molecule has 0 saturated heterocycles. The van der Waals surface area contributed by atoms with Crippen molar-refractivity contribution in [1.82, 2.24) is 25.4 Å². The van der Waals surface area contributed by atoms with Crippen LogP contribution in [0.25, 0.3) is 0 Å². The van der Waals surface area contributed by atoms with E-state index in [0.29, 0.717) is 19.0 Å². The van der Waals surface area contributed by atoms with Gasteiger partial charge in [-0.3, -0.25) is 0 Å². The zero-order valence-electron chi connectivity index (χ0n) is 13.7. The summed E-state index contributed by atoms with van der Waals surface area (Å²) in [4.78, 5) is 15.8. The van der Waals surface area contributed by atoms with Crippen molar-refractivity contribution < 1.29 is 4.79 Å². The maximum absolute atomic E-state index is 11.9. The van der Waals surface area contributed by atoms with E-state index < -0.39 is 0 Å². The number of hydrogen-bond acceptors (Lipinski definition) is 3. The number of nitrogens with one attached hydrogen (secondary N) is 2. The van der Waals surface area contributed by atoms with Crippen LogP contribution in [0.15, 0.2) is 49.1 Å². The van der Waals surface area contributed by atoms with E-state index >= 15 is 0 Å². The van der Waals surface area contributed by atoms with Crippen LogP contribution in [0, 0.1) is 5.92 Å². The largest absolute Gasteiger partial charge is 0.338 e. The summed E-state index contributed by atoms with van der Waals surface area (Å²) in [5, 5.41) is 9.96. The first kappa shape index (κ1) is 16.2. The second-order valence-corrected chi connectivity index (χ2v) is 6.12. The lowest BCUT2D eigenvalue weighted by Crippen LogP contribution is -2.38. The van der Waals surface area contributed by atoms with E-state index in [1.165, 1.54) is 6.33 Å². The summed E-state index contributed by atoms with van der Waals surface area (Å²) >= 11 is 0. The summed E-state index contributed by atoms with van der Waals surface area (Å²) in [5.74, 6) is 0.566. The minimum atomic E-state index is -0.101. The molecule has 3 rings (SSSR count). The van der Waals surface area contributed by atoms with Gasteiger partial charge in [-0.25, -0.2) is 14.5 Å². The standard InChI is InChI=1S/C18H23N5O/c24-18(20-10-15-4-2-1-3-5-15)21-11-16-6-8-17(9-7-16)12-23-14-19-13-22-23/h1-2,6-9,13-15H,3-5,10-12H2,(H2,20,21,24). The number of benzene rings is 1. The van der Waals surface area contributed by atoms with Crippen LogP contribution in [0.4, 0.5) is 4.79 Å². The van der Waals surface area contributed by atoms with Gasteiger partial charge in [0.05, 0.1) is 6.54 Å². The second kappa shape index (κ2) is 8.29. The van der Waals surface area contributed by atoms with Crippen molar-refractivity contribution in [2.45, 2.75) is 32.4 Å². The number of amides is 2. The molecule has 1 aromatic carbocycles. The van der Waals surface area contributed by atoms with E-state index in [2.05, 4.69) is 32.9 Å². The topological polar surface area (TPSA) is 71.8 Å². The highest BCUT2D eigenvalue weighted by Crippen LogP contribution is 2.16. The molecule has 24 heavy (non-hydrogen) atoms. The second-order valence-electron chi connectivity index (χ2n) is 6.12. The molecule has 126 valence electrons. The van der Waals surface area contributed by atoms with Crippen LogP contribution in [-0.2, 0) is 13.1 Å². The molecule has 1 heterocycles. The molecule has 6 heteroatoms. The molecule has 1 unspecified atom stereocenters. The van der Waals surface area contributed by atoms with Gasteiger partial charge in [0, 0.05) is 13.1 Å². The Balaban J connectivity index is 1.39. The molecule has 0 fully saturated rings. The van der Waals surface area contributed by atoms with Crippen LogP contribution < -0.4 is 10.6 Å². The van der Waals surface area contributed by atoms with Gasteiger partial charge in [0.15, 0.2) is 0 Å². The Labute approximate surface area is 142 Å². The fourth-order valence-corrected chi connectivity index (χ4v) is 2.79. The SMILES string of the molecule is O=C(NCc1ccc(Cn2cncn2)cc1)NCC1CC=CCC1. The Morgan fingerprint density at radius 3 is 2.71 bits per heavy atom. The lowest BCUT2D eigenvalue weighted by molar-refractivity contribution is 0.238. The number of hydrogen-bond donors (Lipinski definition) is 2. The zero-order valence-corrected chi connectivity index (χ0v) is 13.7. The molecule has 0 saturated carbocycles. The van der Waals surface area contributed by atoms with Crippen LogP contribution in [0.2, 0.25) is 0 Å². The van der Waals surface area contributed by atoms with E-state index in [1.807, 2.05) is 24.3 Å². The van der Waals surface area contributed by atoms with Gasteiger partial charge in [0.25, 0.3) is 0 Å². The summed E-state index contributed by atoms with van der Waals surface area (Å²) in [6.45, 7) is 1.97. The Morgan fingerprint density at radius 2 is 2.00 bits per heavy atom. The van der Waals surface area contributed by atoms with Gasteiger partial charge >= 0.3 is 6.03 Å². The molecule has 2 aromatic rings. The summed E-state index contributed by atoms with van der Waals surface area (Å²) in [5.41, 5.74) is 2.23. The fourth-order valence-electron chi connectivity index (χ4n) is 2.79. The van der Waals surface area contributed by atoms with Crippen molar-refractivity contribution in [3.8, 4) is 0 Å². The molecule has 1 atom stereocenters. The molecule has 1 aliphatic carbocycles. The molecular formula is C18H23N5O. The van der Waals surface area contributed by atoms with Crippen LogP contribution >= 0.6 is 0 Å². The summed E-state index contributed by atoms with van der Waals surface area (Å²) < 4.78 is 1.78. The third kappa shape index (κ3) is 4.94. The third-order valence-corrected chi connectivity index (χ3v) is 4.22. The molecule has 0 aliphatic heterocycles. The predicted octanol–water partition coefficient (Wildman–Crippen LogP) is 2.48. The highest BCUT2D eigenvalue weighted by atomic mass is 16.2. The van der Waals surface area contributed by atoms with Crippen molar-refractivity contribution in [2.75, 3.05) is 6.54 Å². The summed E-state index contributed by atoms with van der Waals surface area (Å²) in [6, 6.07) is 8.05. The van der Waals surface area contributed by atoms with Crippen LogP contribution in [0.1, 0.15) is 30.4 Å². The van der Waals surface area contributed by atoms with Gasteiger partial charge < -0.3 is 10.6 Å². The van der Waals surface area contributed by atoms with Gasteiger partial charge in [-0.2, -0.15) is 5.10 Å². The molecule has 1 aliphatic rings. The first-order chi connectivity index (χ1) is 11.8. The maximum Gasteiger partial charge on any atom is 0.315 e. The summed E-state index contributed by atoms with van der Waals surface area (Å²) in [7, 11) is 0. The molecular weight excluding hydrogens is 302 g/mol. The lowest BCUT2D eigenvalue weighted by Gasteiger charge is -2.18. The first-order valence-corrected chi connectivity index (χ1v) is 8.36. The molecule has 2 N–H and O–H groups in total. The van der Waals surface area contributed by atoms with Crippen molar-refractivity contribution >= 4 is 6.03 Å². The maximum atomic E-state index is 11.9. The minimum Gasteiger partial charge on any atom is -0.338 e. The van der Waals surface area contributed by atoms with Crippen molar-refractivity contribution in [1.29, 1.82) is 0 Å². The highest BCUT2D eigenvalue weighted by Gasteiger charge is 2.10. The molecule has 0 bridgehead atoms. The average Bonchev–Trinajstić information content (AvgIpc) is 3.13.